The van der Waals surface area contributed by atoms with Gasteiger partial charge in [-0.05, 0) is 37.5 Å². The van der Waals surface area contributed by atoms with Crippen molar-refractivity contribution in [2.45, 2.75) is 39.5 Å². The summed E-state index contributed by atoms with van der Waals surface area (Å²) < 4.78 is 5.05. The lowest BCUT2D eigenvalue weighted by Gasteiger charge is -2.27. The summed E-state index contributed by atoms with van der Waals surface area (Å²) in [4.78, 5) is 0. The van der Waals surface area contributed by atoms with Crippen molar-refractivity contribution >= 4 is 0 Å². The van der Waals surface area contributed by atoms with Crippen LogP contribution in [0.25, 0.3) is 0 Å². The van der Waals surface area contributed by atoms with E-state index in [9.17, 15) is 0 Å². The van der Waals surface area contributed by atoms with Gasteiger partial charge in [-0.2, -0.15) is 0 Å². The fourth-order valence-corrected chi connectivity index (χ4v) is 2.43. The number of hydrogen-bond acceptors (Lipinski definition) is 2. The number of nitrogens with one attached hydrogen (secondary N) is 1. The molecule has 0 amide bonds. The smallest absolute Gasteiger partial charge is 0.0587 e. The van der Waals surface area contributed by atoms with Crippen LogP contribution < -0.4 is 5.32 Å². The van der Waals surface area contributed by atoms with Crippen LogP contribution in [-0.2, 0) is 4.74 Å². The Morgan fingerprint density at radius 3 is 2.75 bits per heavy atom. The van der Waals surface area contributed by atoms with Crippen molar-refractivity contribution in [2.75, 3.05) is 26.8 Å². The highest BCUT2D eigenvalue weighted by Gasteiger charge is 2.18. The molecule has 0 fully saturated rings. The lowest BCUT2D eigenvalue weighted by Crippen LogP contribution is -2.30. The van der Waals surface area contributed by atoms with Crippen LogP contribution in [0, 0.1) is 11.8 Å². The van der Waals surface area contributed by atoms with Crippen LogP contribution in [0.15, 0.2) is 11.6 Å². The van der Waals surface area contributed by atoms with Crippen LogP contribution in [0.4, 0.5) is 0 Å². The summed E-state index contributed by atoms with van der Waals surface area (Å²) in [6, 6.07) is 0. The lowest BCUT2D eigenvalue weighted by molar-refractivity contribution is 0.197. The Labute approximate surface area is 100 Å². The summed E-state index contributed by atoms with van der Waals surface area (Å²) in [5.41, 5.74) is 1.69. The van der Waals surface area contributed by atoms with Gasteiger partial charge in [0.05, 0.1) is 6.61 Å². The van der Waals surface area contributed by atoms with Crippen LogP contribution in [0.2, 0.25) is 0 Å². The summed E-state index contributed by atoms with van der Waals surface area (Å²) in [7, 11) is 1.76. The van der Waals surface area contributed by atoms with Gasteiger partial charge in [0.1, 0.15) is 0 Å². The Balaban J connectivity index is 2.37. The normalized spacial score (nSPS) is 18.6. The molecule has 0 radical (unpaired) electrons. The molecule has 0 saturated carbocycles. The van der Waals surface area contributed by atoms with Crippen LogP contribution in [0.1, 0.15) is 39.5 Å². The minimum Gasteiger partial charge on any atom is -0.383 e. The third-order valence-electron chi connectivity index (χ3n) is 3.45. The molecule has 0 spiro atoms. The van der Waals surface area contributed by atoms with Gasteiger partial charge >= 0.3 is 0 Å². The highest BCUT2D eigenvalue weighted by molar-refractivity contribution is 5.10. The number of allylic oxidation sites excluding steroid dienone is 1. The van der Waals surface area contributed by atoms with Crippen molar-refractivity contribution in [3.63, 3.8) is 0 Å². The largest absolute Gasteiger partial charge is 0.383 e. The zero-order valence-corrected chi connectivity index (χ0v) is 11.1. The van der Waals surface area contributed by atoms with E-state index in [-0.39, 0.29) is 0 Å². The maximum absolute atomic E-state index is 5.05. The van der Waals surface area contributed by atoms with Gasteiger partial charge in [0.15, 0.2) is 0 Å². The Kier molecular flexibility index (Phi) is 6.74. The van der Waals surface area contributed by atoms with E-state index in [0.717, 1.165) is 31.5 Å². The van der Waals surface area contributed by atoms with E-state index in [1.807, 2.05) is 0 Å². The first-order valence-corrected chi connectivity index (χ1v) is 6.64. The third-order valence-corrected chi connectivity index (χ3v) is 3.45. The van der Waals surface area contributed by atoms with Crippen LogP contribution in [0.5, 0.6) is 0 Å². The van der Waals surface area contributed by atoms with Crippen LogP contribution in [-0.4, -0.2) is 26.8 Å². The van der Waals surface area contributed by atoms with Crippen molar-refractivity contribution in [3.05, 3.63) is 11.6 Å². The molecule has 0 aromatic carbocycles. The molecular weight excluding hydrogens is 198 g/mol. The molecule has 0 bridgehead atoms. The quantitative estimate of drug-likeness (QED) is 0.531. The molecule has 0 heterocycles. The topological polar surface area (TPSA) is 21.3 Å². The molecule has 1 aliphatic carbocycles. The minimum atomic E-state index is 0.720. The van der Waals surface area contributed by atoms with E-state index in [4.69, 9.17) is 4.74 Å². The van der Waals surface area contributed by atoms with Gasteiger partial charge in [0, 0.05) is 20.2 Å². The zero-order valence-electron chi connectivity index (χ0n) is 11.1. The van der Waals surface area contributed by atoms with E-state index in [1.54, 1.807) is 12.7 Å². The van der Waals surface area contributed by atoms with Gasteiger partial charge < -0.3 is 10.1 Å². The maximum atomic E-state index is 5.05. The maximum Gasteiger partial charge on any atom is 0.0587 e. The van der Waals surface area contributed by atoms with Gasteiger partial charge in [-0.1, -0.05) is 25.5 Å². The molecule has 1 unspecified atom stereocenters. The predicted molar refractivity (Wildman–Crippen MR) is 69.6 cm³/mol. The molecule has 0 aromatic heterocycles. The van der Waals surface area contributed by atoms with Crippen molar-refractivity contribution in [3.8, 4) is 0 Å². The predicted octanol–water partition coefficient (Wildman–Crippen LogP) is 3.00. The standard InChI is InChI=1S/C14H27NO/c1-12(2)14(11-15-9-10-16-3)13-7-5-4-6-8-13/h7,12,14-15H,4-6,8-11H2,1-3H3. The van der Waals surface area contributed by atoms with Crippen molar-refractivity contribution in [2.24, 2.45) is 11.8 Å². The molecule has 94 valence electrons. The average molecular weight is 225 g/mol. The molecule has 0 saturated heterocycles. The summed E-state index contributed by atoms with van der Waals surface area (Å²) in [5.74, 6) is 1.46. The highest BCUT2D eigenvalue weighted by atomic mass is 16.5. The van der Waals surface area contributed by atoms with Gasteiger partial charge in [0.2, 0.25) is 0 Å². The highest BCUT2D eigenvalue weighted by Crippen LogP contribution is 2.28. The second-order valence-electron chi connectivity index (χ2n) is 5.07. The van der Waals surface area contributed by atoms with E-state index < -0.39 is 0 Å². The molecular formula is C14H27NO. The van der Waals surface area contributed by atoms with Crippen molar-refractivity contribution < 1.29 is 4.74 Å². The fraction of sp³-hybridized carbons (Fsp3) is 0.857. The monoisotopic (exact) mass is 225 g/mol. The van der Waals surface area contributed by atoms with Crippen molar-refractivity contribution in [1.29, 1.82) is 0 Å². The molecule has 0 aliphatic heterocycles. The van der Waals surface area contributed by atoms with E-state index >= 15 is 0 Å². The average Bonchev–Trinajstić information content (AvgIpc) is 2.30. The number of ether oxygens (including phenoxy) is 1. The molecule has 2 nitrogen and oxygen atoms in total. The van der Waals surface area contributed by atoms with E-state index in [1.165, 1.54) is 25.7 Å². The minimum absolute atomic E-state index is 0.720. The second-order valence-corrected chi connectivity index (χ2v) is 5.07. The van der Waals surface area contributed by atoms with Gasteiger partial charge in [-0.25, -0.2) is 0 Å². The third kappa shape index (κ3) is 4.67. The van der Waals surface area contributed by atoms with E-state index in [0.29, 0.717) is 0 Å². The Morgan fingerprint density at radius 1 is 1.38 bits per heavy atom. The number of hydrogen-bond donors (Lipinski definition) is 1. The van der Waals surface area contributed by atoms with Crippen LogP contribution >= 0.6 is 0 Å². The zero-order chi connectivity index (χ0) is 11.8. The molecule has 1 rings (SSSR count). The second kappa shape index (κ2) is 7.86. The summed E-state index contributed by atoms with van der Waals surface area (Å²) >= 11 is 0. The van der Waals surface area contributed by atoms with Gasteiger partial charge in [-0.3, -0.25) is 0 Å². The first kappa shape index (κ1) is 13.7. The number of rotatable bonds is 7. The molecule has 2 heteroatoms. The van der Waals surface area contributed by atoms with Gasteiger partial charge in [-0.15, -0.1) is 0 Å². The first-order chi connectivity index (χ1) is 7.75. The van der Waals surface area contributed by atoms with Gasteiger partial charge in [0.25, 0.3) is 0 Å². The summed E-state index contributed by atoms with van der Waals surface area (Å²) in [6.45, 7) is 7.54. The Bertz CT molecular complexity index is 211. The Morgan fingerprint density at radius 2 is 2.19 bits per heavy atom. The molecule has 1 aliphatic rings. The summed E-state index contributed by atoms with van der Waals surface area (Å²) in [6.07, 6.45) is 7.84. The van der Waals surface area contributed by atoms with Crippen LogP contribution in [0.3, 0.4) is 0 Å². The lowest BCUT2D eigenvalue weighted by atomic mass is 9.82. The first-order valence-electron chi connectivity index (χ1n) is 6.64. The summed E-state index contributed by atoms with van der Waals surface area (Å²) in [5, 5.41) is 3.50. The molecule has 16 heavy (non-hydrogen) atoms. The molecule has 0 aromatic rings. The van der Waals surface area contributed by atoms with E-state index in [2.05, 4.69) is 25.2 Å². The fourth-order valence-electron chi connectivity index (χ4n) is 2.43. The number of methoxy groups -OCH3 is 1. The Hall–Kier alpha value is -0.340. The van der Waals surface area contributed by atoms with Crippen molar-refractivity contribution in [1.82, 2.24) is 5.32 Å². The molecule has 1 atom stereocenters. The SMILES string of the molecule is COCCNCC(C1=CCCCC1)C(C)C. The molecule has 1 N–H and O–H groups in total.